The summed E-state index contributed by atoms with van der Waals surface area (Å²) in [6.07, 6.45) is 2.87. The van der Waals surface area contributed by atoms with E-state index in [0.717, 1.165) is 12.8 Å². The number of hydrogen-bond acceptors (Lipinski definition) is 4. The standard InChI is InChI=1S/C14H22O3S2/c1-4-6-11-14(18,5-2)19(15,16)13-9-7-12(17-3)8-10-13/h7-10,18H,4-6,11H2,1-3H3. The van der Waals surface area contributed by atoms with Crippen LogP contribution in [-0.2, 0) is 9.84 Å². The first-order chi connectivity index (χ1) is 8.91. The first kappa shape index (κ1) is 16.4. The van der Waals surface area contributed by atoms with Crippen molar-refractivity contribution in [1.82, 2.24) is 0 Å². The first-order valence-electron chi connectivity index (χ1n) is 6.52. The Morgan fingerprint density at radius 2 is 1.79 bits per heavy atom. The minimum atomic E-state index is -3.44. The van der Waals surface area contributed by atoms with Gasteiger partial charge in [-0.1, -0.05) is 26.7 Å². The molecule has 1 atom stereocenters. The number of unbranched alkanes of at least 4 members (excludes halogenated alkanes) is 1. The van der Waals surface area contributed by atoms with Crippen LogP contribution in [0.3, 0.4) is 0 Å². The molecule has 1 unspecified atom stereocenters. The highest BCUT2D eigenvalue weighted by atomic mass is 32.2. The smallest absolute Gasteiger partial charge is 0.193 e. The van der Waals surface area contributed by atoms with Crippen molar-refractivity contribution in [3.8, 4) is 5.75 Å². The van der Waals surface area contributed by atoms with E-state index in [1.165, 1.54) is 0 Å². The zero-order valence-electron chi connectivity index (χ0n) is 11.7. The third-order valence-corrected chi connectivity index (χ3v) is 6.99. The van der Waals surface area contributed by atoms with Crippen molar-refractivity contribution in [3.63, 3.8) is 0 Å². The van der Waals surface area contributed by atoms with E-state index < -0.39 is 13.9 Å². The third kappa shape index (κ3) is 3.45. The van der Waals surface area contributed by atoms with Crippen molar-refractivity contribution < 1.29 is 13.2 Å². The van der Waals surface area contributed by atoms with Crippen LogP contribution in [0.5, 0.6) is 5.75 Å². The average molecular weight is 302 g/mol. The minimum absolute atomic E-state index is 0.307. The molecule has 0 aliphatic heterocycles. The van der Waals surface area contributed by atoms with Crippen LogP contribution in [0, 0.1) is 0 Å². The summed E-state index contributed by atoms with van der Waals surface area (Å²) in [5, 5.41) is 0. The number of benzene rings is 1. The molecule has 0 aliphatic carbocycles. The lowest BCUT2D eigenvalue weighted by Gasteiger charge is -2.27. The molecule has 0 radical (unpaired) electrons. The summed E-state index contributed by atoms with van der Waals surface area (Å²) in [5.74, 6) is 0.647. The van der Waals surface area contributed by atoms with E-state index >= 15 is 0 Å². The van der Waals surface area contributed by atoms with Gasteiger partial charge in [0.25, 0.3) is 0 Å². The minimum Gasteiger partial charge on any atom is -0.497 e. The zero-order chi connectivity index (χ0) is 14.5. The quantitative estimate of drug-likeness (QED) is 0.781. The molecule has 0 amide bonds. The lowest BCUT2D eigenvalue weighted by molar-refractivity contribution is 0.414. The van der Waals surface area contributed by atoms with Gasteiger partial charge in [-0.3, -0.25) is 0 Å². The fraction of sp³-hybridized carbons (Fsp3) is 0.571. The Hall–Kier alpha value is -0.680. The average Bonchev–Trinajstić information content (AvgIpc) is 2.44. The van der Waals surface area contributed by atoms with Gasteiger partial charge in [0.2, 0.25) is 0 Å². The third-order valence-electron chi connectivity index (χ3n) is 3.34. The predicted octanol–water partition coefficient (Wildman–Crippen LogP) is 3.70. The van der Waals surface area contributed by atoms with E-state index in [1.54, 1.807) is 31.4 Å². The summed E-state index contributed by atoms with van der Waals surface area (Å²) in [6, 6.07) is 6.49. The van der Waals surface area contributed by atoms with Gasteiger partial charge in [-0.25, -0.2) is 8.42 Å². The Morgan fingerprint density at radius 1 is 1.21 bits per heavy atom. The molecule has 19 heavy (non-hydrogen) atoms. The van der Waals surface area contributed by atoms with Crippen molar-refractivity contribution in [2.45, 2.75) is 48.5 Å². The topological polar surface area (TPSA) is 43.4 Å². The van der Waals surface area contributed by atoms with Crippen LogP contribution in [0.15, 0.2) is 29.2 Å². The molecule has 1 rings (SSSR count). The maximum absolute atomic E-state index is 12.7. The second-order valence-electron chi connectivity index (χ2n) is 4.58. The maximum atomic E-state index is 12.7. The van der Waals surface area contributed by atoms with Gasteiger partial charge in [-0.15, -0.1) is 0 Å². The summed E-state index contributed by atoms with van der Waals surface area (Å²) in [4.78, 5) is 0.307. The molecule has 0 heterocycles. The van der Waals surface area contributed by atoms with Gasteiger partial charge in [0, 0.05) is 0 Å². The second-order valence-corrected chi connectivity index (χ2v) is 8.00. The van der Waals surface area contributed by atoms with Gasteiger partial charge < -0.3 is 4.74 Å². The van der Waals surface area contributed by atoms with E-state index in [0.29, 0.717) is 23.5 Å². The van der Waals surface area contributed by atoms with E-state index in [2.05, 4.69) is 12.6 Å². The molecular formula is C14H22O3S2. The Bertz CT molecular complexity index is 494. The maximum Gasteiger partial charge on any atom is 0.193 e. The molecule has 0 N–H and O–H groups in total. The number of methoxy groups -OCH3 is 1. The molecule has 1 aromatic carbocycles. The van der Waals surface area contributed by atoms with Crippen LogP contribution in [0.1, 0.15) is 39.5 Å². The fourth-order valence-corrected chi connectivity index (χ4v) is 4.13. The molecule has 0 aliphatic rings. The van der Waals surface area contributed by atoms with Crippen LogP contribution in [-0.4, -0.2) is 19.6 Å². The summed E-state index contributed by atoms with van der Waals surface area (Å²) in [5.41, 5.74) is 0. The van der Waals surface area contributed by atoms with E-state index in [1.807, 2.05) is 13.8 Å². The normalized spacial score (nSPS) is 14.9. The summed E-state index contributed by atoms with van der Waals surface area (Å²) >= 11 is 4.47. The Kier molecular flexibility index (Phi) is 5.74. The Labute approximate surface area is 121 Å². The van der Waals surface area contributed by atoms with Gasteiger partial charge in [0.05, 0.1) is 12.0 Å². The van der Waals surface area contributed by atoms with E-state index in [9.17, 15) is 8.42 Å². The lowest BCUT2D eigenvalue weighted by Crippen LogP contribution is -2.32. The SMILES string of the molecule is CCCCC(S)(CC)S(=O)(=O)c1ccc(OC)cc1. The number of thiol groups is 1. The highest BCUT2D eigenvalue weighted by molar-refractivity contribution is 8.06. The summed E-state index contributed by atoms with van der Waals surface area (Å²) < 4.78 is 29.4. The molecule has 3 nitrogen and oxygen atoms in total. The van der Waals surface area contributed by atoms with Gasteiger partial charge in [-0.2, -0.15) is 12.6 Å². The highest BCUT2D eigenvalue weighted by Gasteiger charge is 2.39. The zero-order valence-corrected chi connectivity index (χ0v) is 13.4. The van der Waals surface area contributed by atoms with Gasteiger partial charge in [-0.05, 0) is 37.1 Å². The van der Waals surface area contributed by atoms with Crippen molar-refractivity contribution in [1.29, 1.82) is 0 Å². The van der Waals surface area contributed by atoms with E-state index in [-0.39, 0.29) is 0 Å². The number of hydrogen-bond donors (Lipinski definition) is 1. The number of sulfone groups is 1. The van der Waals surface area contributed by atoms with Crippen LogP contribution < -0.4 is 4.74 Å². The second kappa shape index (κ2) is 6.66. The summed E-state index contributed by atoms with van der Waals surface area (Å²) in [7, 11) is -1.88. The highest BCUT2D eigenvalue weighted by Crippen LogP contribution is 2.37. The van der Waals surface area contributed by atoms with Crippen molar-refractivity contribution >= 4 is 22.5 Å². The van der Waals surface area contributed by atoms with Crippen molar-refractivity contribution in [2.24, 2.45) is 0 Å². The summed E-state index contributed by atoms with van der Waals surface area (Å²) in [6.45, 7) is 3.91. The van der Waals surface area contributed by atoms with Gasteiger partial charge >= 0.3 is 0 Å². The lowest BCUT2D eigenvalue weighted by atomic mass is 10.1. The molecule has 108 valence electrons. The monoisotopic (exact) mass is 302 g/mol. The molecule has 5 heteroatoms. The molecule has 0 saturated carbocycles. The molecule has 0 bridgehead atoms. The Balaban J connectivity index is 3.12. The molecule has 0 spiro atoms. The van der Waals surface area contributed by atoms with Crippen LogP contribution in [0.25, 0.3) is 0 Å². The molecule has 0 fully saturated rings. The van der Waals surface area contributed by atoms with Crippen molar-refractivity contribution in [3.05, 3.63) is 24.3 Å². The first-order valence-corrected chi connectivity index (χ1v) is 8.45. The van der Waals surface area contributed by atoms with Gasteiger partial charge in [0.15, 0.2) is 9.84 Å². The van der Waals surface area contributed by atoms with Crippen LogP contribution in [0.2, 0.25) is 0 Å². The number of rotatable bonds is 7. The molecule has 0 saturated heterocycles. The Morgan fingerprint density at radius 3 is 2.21 bits per heavy atom. The fourth-order valence-electron chi connectivity index (χ4n) is 1.93. The van der Waals surface area contributed by atoms with E-state index in [4.69, 9.17) is 4.74 Å². The molecule has 0 aromatic heterocycles. The van der Waals surface area contributed by atoms with Gasteiger partial charge in [0.1, 0.15) is 9.83 Å². The largest absolute Gasteiger partial charge is 0.497 e. The van der Waals surface area contributed by atoms with Crippen molar-refractivity contribution in [2.75, 3.05) is 7.11 Å². The molecule has 1 aromatic rings. The predicted molar refractivity (Wildman–Crippen MR) is 81.7 cm³/mol. The number of ether oxygens (including phenoxy) is 1. The van der Waals surface area contributed by atoms with Crippen LogP contribution >= 0.6 is 12.6 Å². The molecular weight excluding hydrogens is 280 g/mol. The van der Waals surface area contributed by atoms with Crippen LogP contribution in [0.4, 0.5) is 0 Å².